The summed E-state index contributed by atoms with van der Waals surface area (Å²) in [4.78, 5) is 23.8. The van der Waals surface area contributed by atoms with Crippen molar-refractivity contribution in [2.45, 2.75) is 25.8 Å². The molecule has 1 aromatic carbocycles. The first-order valence-electron chi connectivity index (χ1n) is 6.72. The van der Waals surface area contributed by atoms with Crippen molar-refractivity contribution < 1.29 is 14.7 Å². The molecule has 0 aliphatic carbocycles. The third-order valence-electron chi connectivity index (χ3n) is 3.91. The first-order chi connectivity index (χ1) is 9.99. The fourth-order valence-electron chi connectivity index (χ4n) is 2.80. The van der Waals surface area contributed by atoms with Crippen molar-refractivity contribution >= 4 is 23.4 Å². The van der Waals surface area contributed by atoms with E-state index in [4.69, 9.17) is 11.6 Å². The Bertz CT molecular complexity index is 731. The number of aliphatic carboxylic acids is 1. The smallest absolute Gasteiger partial charge is 0.312 e. The minimum absolute atomic E-state index is 0.130. The summed E-state index contributed by atoms with van der Waals surface area (Å²) in [5.74, 6) is -1.66. The van der Waals surface area contributed by atoms with Crippen LogP contribution in [0.25, 0.3) is 0 Å². The molecule has 3 rings (SSSR count). The van der Waals surface area contributed by atoms with E-state index >= 15 is 0 Å². The summed E-state index contributed by atoms with van der Waals surface area (Å²) in [6.07, 6.45) is 0.472. The number of fused-ring (bicyclic) bond motifs is 1. The quantitative estimate of drug-likeness (QED) is 0.885. The standard InChI is InChI=1S/C16H14ClNO3/c1-9-2-4-10(5-3-9)15(19)13-8-12(17)14-11(16(20)21)6-7-18(13)14/h2-5,8,11H,6-7H2,1H3,(H,20,21). The van der Waals surface area contributed by atoms with E-state index in [0.29, 0.717) is 34.9 Å². The number of carbonyl (C=O) groups is 2. The van der Waals surface area contributed by atoms with Gasteiger partial charge in [-0.25, -0.2) is 0 Å². The normalized spacial score (nSPS) is 16.8. The summed E-state index contributed by atoms with van der Waals surface area (Å²) in [6.45, 7) is 2.46. The van der Waals surface area contributed by atoms with Gasteiger partial charge in [0.15, 0.2) is 0 Å². The SMILES string of the molecule is Cc1ccc(C(=O)c2cc(Cl)c3n2CCC3C(=O)O)cc1. The molecule has 1 N–H and O–H groups in total. The summed E-state index contributed by atoms with van der Waals surface area (Å²) in [5.41, 5.74) is 2.66. The van der Waals surface area contributed by atoms with Crippen molar-refractivity contribution in [1.82, 2.24) is 4.57 Å². The summed E-state index contributed by atoms with van der Waals surface area (Å²) in [7, 11) is 0. The van der Waals surface area contributed by atoms with Crippen molar-refractivity contribution in [2.75, 3.05) is 0 Å². The highest BCUT2D eigenvalue weighted by atomic mass is 35.5. The molecule has 0 spiro atoms. The fourth-order valence-corrected chi connectivity index (χ4v) is 3.14. The number of hydrogen-bond acceptors (Lipinski definition) is 2. The zero-order chi connectivity index (χ0) is 15.1. The van der Waals surface area contributed by atoms with Crippen molar-refractivity contribution in [1.29, 1.82) is 0 Å². The molecule has 0 amide bonds. The number of rotatable bonds is 3. The molecule has 2 heterocycles. The van der Waals surface area contributed by atoms with Crippen LogP contribution in [0, 0.1) is 6.92 Å². The number of carboxylic acids is 1. The van der Waals surface area contributed by atoms with Gasteiger partial charge in [-0.2, -0.15) is 0 Å². The van der Waals surface area contributed by atoms with Crippen molar-refractivity contribution in [3.63, 3.8) is 0 Å². The Balaban J connectivity index is 2.03. The Morgan fingerprint density at radius 1 is 1.29 bits per heavy atom. The Morgan fingerprint density at radius 2 is 1.95 bits per heavy atom. The van der Waals surface area contributed by atoms with E-state index < -0.39 is 11.9 Å². The van der Waals surface area contributed by atoms with E-state index in [2.05, 4.69) is 0 Å². The maximum absolute atomic E-state index is 12.6. The van der Waals surface area contributed by atoms with Gasteiger partial charge >= 0.3 is 5.97 Å². The average Bonchev–Trinajstić information content (AvgIpc) is 3.01. The van der Waals surface area contributed by atoms with Crippen LogP contribution in [0.3, 0.4) is 0 Å². The van der Waals surface area contributed by atoms with E-state index in [9.17, 15) is 14.7 Å². The molecule has 1 unspecified atom stereocenters. The second-order valence-corrected chi connectivity index (χ2v) is 5.70. The second kappa shape index (κ2) is 5.04. The highest BCUT2D eigenvalue weighted by Gasteiger charge is 2.34. The lowest BCUT2D eigenvalue weighted by atomic mass is 10.0. The number of carboxylic acid groups (broad SMARTS) is 1. The predicted molar refractivity (Wildman–Crippen MR) is 79.0 cm³/mol. The number of nitrogens with zero attached hydrogens (tertiary/aromatic N) is 1. The molecular weight excluding hydrogens is 290 g/mol. The van der Waals surface area contributed by atoms with Crippen molar-refractivity contribution in [2.24, 2.45) is 0 Å². The van der Waals surface area contributed by atoms with Gasteiger partial charge in [-0.05, 0) is 19.4 Å². The van der Waals surface area contributed by atoms with E-state index in [-0.39, 0.29) is 5.78 Å². The van der Waals surface area contributed by atoms with Gasteiger partial charge in [0.05, 0.1) is 16.4 Å². The first-order valence-corrected chi connectivity index (χ1v) is 7.10. The molecule has 0 fully saturated rings. The van der Waals surface area contributed by atoms with Gasteiger partial charge in [-0.15, -0.1) is 0 Å². The maximum atomic E-state index is 12.6. The molecule has 108 valence electrons. The number of halogens is 1. The third-order valence-corrected chi connectivity index (χ3v) is 4.21. The largest absolute Gasteiger partial charge is 0.481 e. The highest BCUT2D eigenvalue weighted by Crippen LogP contribution is 2.37. The summed E-state index contributed by atoms with van der Waals surface area (Å²) >= 11 is 6.15. The Labute approximate surface area is 127 Å². The van der Waals surface area contributed by atoms with E-state index in [1.54, 1.807) is 22.8 Å². The average molecular weight is 304 g/mol. The Morgan fingerprint density at radius 3 is 2.57 bits per heavy atom. The van der Waals surface area contributed by atoms with Crippen LogP contribution in [0.15, 0.2) is 30.3 Å². The topological polar surface area (TPSA) is 59.3 Å². The molecule has 0 bridgehead atoms. The number of aromatic nitrogens is 1. The molecular formula is C16H14ClNO3. The minimum atomic E-state index is -0.900. The van der Waals surface area contributed by atoms with E-state index in [0.717, 1.165) is 5.56 Å². The van der Waals surface area contributed by atoms with Crippen LogP contribution in [0.4, 0.5) is 0 Å². The molecule has 0 saturated heterocycles. The van der Waals surface area contributed by atoms with Gasteiger partial charge < -0.3 is 9.67 Å². The first kappa shape index (κ1) is 13.9. The van der Waals surface area contributed by atoms with Gasteiger partial charge in [0.25, 0.3) is 0 Å². The van der Waals surface area contributed by atoms with Crippen LogP contribution in [0.2, 0.25) is 5.02 Å². The minimum Gasteiger partial charge on any atom is -0.481 e. The summed E-state index contributed by atoms with van der Waals surface area (Å²) in [5, 5.41) is 9.58. The number of hydrogen-bond donors (Lipinski definition) is 1. The number of aryl methyl sites for hydroxylation is 1. The molecule has 5 heteroatoms. The van der Waals surface area contributed by atoms with Gasteiger partial charge in [-0.1, -0.05) is 41.4 Å². The molecule has 1 aliphatic heterocycles. The summed E-state index contributed by atoms with van der Waals surface area (Å²) < 4.78 is 1.74. The fraction of sp³-hybridized carbons (Fsp3) is 0.250. The highest BCUT2D eigenvalue weighted by molar-refractivity contribution is 6.32. The van der Waals surface area contributed by atoms with Crippen LogP contribution in [0.1, 0.15) is 39.6 Å². The lowest BCUT2D eigenvalue weighted by molar-refractivity contribution is -0.138. The molecule has 0 saturated carbocycles. The van der Waals surface area contributed by atoms with Gasteiger partial charge in [0.1, 0.15) is 5.92 Å². The molecule has 4 nitrogen and oxygen atoms in total. The van der Waals surface area contributed by atoms with Crippen LogP contribution in [0.5, 0.6) is 0 Å². The monoisotopic (exact) mass is 303 g/mol. The van der Waals surface area contributed by atoms with Crippen molar-refractivity contribution in [3.05, 3.63) is 57.9 Å². The van der Waals surface area contributed by atoms with E-state index in [1.165, 1.54) is 0 Å². The number of ketones is 1. The van der Waals surface area contributed by atoms with Crippen LogP contribution in [-0.2, 0) is 11.3 Å². The van der Waals surface area contributed by atoms with E-state index in [1.807, 2.05) is 19.1 Å². The molecule has 21 heavy (non-hydrogen) atoms. The molecule has 1 aromatic heterocycles. The second-order valence-electron chi connectivity index (χ2n) is 5.29. The molecule has 1 atom stereocenters. The Hall–Kier alpha value is -2.07. The lowest BCUT2D eigenvalue weighted by Crippen LogP contribution is -2.10. The van der Waals surface area contributed by atoms with Crippen molar-refractivity contribution in [3.8, 4) is 0 Å². The lowest BCUT2D eigenvalue weighted by Gasteiger charge is -2.06. The third kappa shape index (κ3) is 2.25. The van der Waals surface area contributed by atoms with Gasteiger partial charge in [-0.3, -0.25) is 9.59 Å². The maximum Gasteiger partial charge on any atom is 0.312 e. The zero-order valence-corrected chi connectivity index (χ0v) is 12.2. The number of carbonyl (C=O) groups excluding carboxylic acids is 1. The molecule has 0 radical (unpaired) electrons. The van der Waals surface area contributed by atoms with Gasteiger partial charge in [0.2, 0.25) is 5.78 Å². The zero-order valence-electron chi connectivity index (χ0n) is 11.5. The predicted octanol–water partition coefficient (Wildman–Crippen LogP) is 3.25. The van der Waals surface area contributed by atoms with Gasteiger partial charge in [0, 0.05) is 12.1 Å². The molecule has 1 aliphatic rings. The van der Waals surface area contributed by atoms with Crippen LogP contribution in [-0.4, -0.2) is 21.4 Å². The molecule has 2 aromatic rings. The number of benzene rings is 1. The Kier molecular flexibility index (Phi) is 3.33. The summed E-state index contributed by atoms with van der Waals surface area (Å²) in [6, 6.07) is 8.88. The van der Waals surface area contributed by atoms with Crippen LogP contribution < -0.4 is 0 Å². The van der Waals surface area contributed by atoms with Crippen LogP contribution >= 0.6 is 11.6 Å².